The summed E-state index contributed by atoms with van der Waals surface area (Å²) in [5.74, 6) is 0.472. The lowest BCUT2D eigenvalue weighted by Crippen LogP contribution is -2.31. The number of likely N-dealkylation sites (tertiary alicyclic amines) is 1. The van der Waals surface area contributed by atoms with Gasteiger partial charge in [-0.2, -0.15) is 0 Å². The average molecular weight is 279 g/mol. The van der Waals surface area contributed by atoms with Gasteiger partial charge in [0.25, 0.3) is 0 Å². The smallest absolute Gasteiger partial charge is 0.126 e. The van der Waals surface area contributed by atoms with Crippen LogP contribution in [0.3, 0.4) is 0 Å². The lowest BCUT2D eigenvalue weighted by atomic mass is 9.86. The molecule has 3 heteroatoms. The molecule has 0 bridgehead atoms. The van der Waals surface area contributed by atoms with Gasteiger partial charge in [0.1, 0.15) is 17.7 Å². The van der Waals surface area contributed by atoms with Gasteiger partial charge in [0.15, 0.2) is 0 Å². The van der Waals surface area contributed by atoms with Crippen molar-refractivity contribution in [2.45, 2.75) is 58.6 Å². The first-order chi connectivity index (χ1) is 9.27. The predicted octanol–water partition coefficient (Wildman–Crippen LogP) is 3.98. The Labute approximate surface area is 121 Å². The molecule has 1 aromatic rings. The number of ether oxygens (including phenoxy) is 1. The van der Waals surface area contributed by atoms with Gasteiger partial charge in [-0.15, -0.1) is 0 Å². The van der Waals surface area contributed by atoms with E-state index in [2.05, 4.69) is 39.5 Å². The van der Waals surface area contributed by atoms with E-state index in [1.807, 2.05) is 6.07 Å². The maximum Gasteiger partial charge on any atom is 0.126 e. The molecule has 0 spiro atoms. The second-order valence-corrected chi connectivity index (χ2v) is 7.01. The molecule has 1 fully saturated rings. The fourth-order valence-corrected chi connectivity index (χ4v) is 2.71. The van der Waals surface area contributed by atoms with Crippen molar-refractivity contribution >= 4 is 0 Å². The molecule has 2 rings (SSSR count). The third-order valence-electron chi connectivity index (χ3n) is 3.95. The van der Waals surface area contributed by atoms with Crippen LogP contribution in [0.2, 0.25) is 0 Å². The van der Waals surface area contributed by atoms with Crippen molar-refractivity contribution in [3.8, 4) is 5.75 Å². The topological polar surface area (TPSA) is 12.5 Å². The van der Waals surface area contributed by atoms with Crippen LogP contribution in [0.25, 0.3) is 0 Å². The molecule has 0 saturated carbocycles. The summed E-state index contributed by atoms with van der Waals surface area (Å²) >= 11 is 0. The molecule has 112 valence electrons. The molecule has 0 aliphatic carbocycles. The van der Waals surface area contributed by atoms with Crippen LogP contribution in [-0.4, -0.2) is 30.1 Å². The molecule has 1 heterocycles. The van der Waals surface area contributed by atoms with E-state index in [0.717, 1.165) is 25.1 Å². The summed E-state index contributed by atoms with van der Waals surface area (Å²) in [7, 11) is 0. The lowest BCUT2D eigenvalue weighted by molar-refractivity contribution is 0.183. The van der Waals surface area contributed by atoms with E-state index in [1.54, 1.807) is 0 Å². The van der Waals surface area contributed by atoms with Gasteiger partial charge >= 0.3 is 0 Å². The molecule has 0 radical (unpaired) electrons. The molecule has 1 aliphatic heterocycles. The molecule has 1 aliphatic rings. The Morgan fingerprint density at radius 2 is 2.00 bits per heavy atom. The van der Waals surface area contributed by atoms with Crippen molar-refractivity contribution < 1.29 is 9.13 Å². The number of hydrogen-bond acceptors (Lipinski definition) is 2. The van der Waals surface area contributed by atoms with Gasteiger partial charge in [-0.1, -0.05) is 26.8 Å². The highest BCUT2D eigenvalue weighted by molar-refractivity contribution is 5.39. The number of benzene rings is 1. The Hall–Kier alpha value is -1.09. The summed E-state index contributed by atoms with van der Waals surface area (Å²) in [5.41, 5.74) is 1.03. The number of hydrogen-bond donors (Lipinski definition) is 0. The largest absolute Gasteiger partial charge is 0.489 e. The van der Waals surface area contributed by atoms with E-state index in [0.29, 0.717) is 11.8 Å². The zero-order valence-corrected chi connectivity index (χ0v) is 13.2. The van der Waals surface area contributed by atoms with Crippen molar-refractivity contribution in [3.63, 3.8) is 0 Å². The molecule has 0 unspecified atom stereocenters. The van der Waals surface area contributed by atoms with Crippen LogP contribution in [0.5, 0.6) is 5.75 Å². The Morgan fingerprint density at radius 1 is 1.30 bits per heavy atom. The summed E-state index contributed by atoms with van der Waals surface area (Å²) in [5, 5.41) is 0. The van der Waals surface area contributed by atoms with Gasteiger partial charge in [-0.3, -0.25) is 4.90 Å². The van der Waals surface area contributed by atoms with Gasteiger partial charge in [-0.05, 0) is 37.3 Å². The molecule has 0 amide bonds. The van der Waals surface area contributed by atoms with Crippen LogP contribution in [0.4, 0.5) is 4.39 Å². The third-order valence-corrected chi connectivity index (χ3v) is 3.95. The third kappa shape index (κ3) is 3.51. The molecular formula is C17H26FNO. The van der Waals surface area contributed by atoms with E-state index >= 15 is 0 Å². The van der Waals surface area contributed by atoms with Gasteiger partial charge in [-0.25, -0.2) is 4.39 Å². The van der Waals surface area contributed by atoms with Crippen LogP contribution in [0, 0.1) is 5.82 Å². The minimum atomic E-state index is -0.230. The van der Waals surface area contributed by atoms with Gasteiger partial charge < -0.3 is 4.74 Å². The Balaban J connectivity index is 2.15. The Bertz CT molecular complexity index is 465. The van der Waals surface area contributed by atoms with E-state index in [-0.39, 0.29) is 17.3 Å². The first-order valence-electron chi connectivity index (χ1n) is 7.48. The van der Waals surface area contributed by atoms with Crippen molar-refractivity contribution in [1.29, 1.82) is 0 Å². The minimum absolute atomic E-state index is 0.0423. The lowest BCUT2D eigenvalue weighted by Gasteiger charge is -2.25. The van der Waals surface area contributed by atoms with E-state index in [4.69, 9.17) is 4.74 Å². The minimum Gasteiger partial charge on any atom is -0.489 e. The Morgan fingerprint density at radius 3 is 2.55 bits per heavy atom. The SMILES string of the molecule is CC(C)N1CC[C@H](Oc2cc(F)ccc2C(C)(C)C)C1. The molecule has 0 aromatic heterocycles. The summed E-state index contributed by atoms with van der Waals surface area (Å²) < 4.78 is 19.6. The van der Waals surface area contributed by atoms with Crippen LogP contribution >= 0.6 is 0 Å². The van der Waals surface area contributed by atoms with Gasteiger partial charge in [0, 0.05) is 25.2 Å². The molecule has 20 heavy (non-hydrogen) atoms. The molecule has 1 saturated heterocycles. The quantitative estimate of drug-likeness (QED) is 0.829. The first kappa shape index (κ1) is 15.3. The Kier molecular flexibility index (Phi) is 4.38. The highest BCUT2D eigenvalue weighted by atomic mass is 19.1. The summed E-state index contributed by atoms with van der Waals surface area (Å²) in [6, 6.07) is 5.43. The maximum atomic E-state index is 13.5. The van der Waals surface area contributed by atoms with Crippen molar-refractivity contribution in [3.05, 3.63) is 29.6 Å². The van der Waals surface area contributed by atoms with E-state index in [1.165, 1.54) is 12.1 Å². The van der Waals surface area contributed by atoms with Gasteiger partial charge in [0.05, 0.1) is 0 Å². The zero-order valence-electron chi connectivity index (χ0n) is 13.2. The van der Waals surface area contributed by atoms with Crippen LogP contribution in [0.1, 0.15) is 46.6 Å². The van der Waals surface area contributed by atoms with Crippen molar-refractivity contribution in [1.82, 2.24) is 4.90 Å². The maximum absolute atomic E-state index is 13.5. The van der Waals surface area contributed by atoms with Gasteiger partial charge in [0.2, 0.25) is 0 Å². The number of halogens is 1. The summed E-state index contributed by atoms with van der Waals surface area (Å²) in [6.07, 6.45) is 1.18. The molecule has 0 N–H and O–H groups in total. The number of rotatable bonds is 3. The first-order valence-corrected chi connectivity index (χ1v) is 7.48. The van der Waals surface area contributed by atoms with Crippen LogP contribution in [-0.2, 0) is 5.41 Å². The second-order valence-electron chi connectivity index (χ2n) is 7.01. The average Bonchev–Trinajstić information content (AvgIpc) is 2.76. The predicted molar refractivity (Wildman–Crippen MR) is 80.8 cm³/mol. The highest BCUT2D eigenvalue weighted by Crippen LogP contribution is 2.33. The standard InChI is InChI=1S/C17H26FNO/c1-12(2)19-9-8-14(11-19)20-16-10-13(18)6-7-15(16)17(3,4)5/h6-7,10,12,14H,8-9,11H2,1-5H3/t14-/m0/s1. The fourth-order valence-electron chi connectivity index (χ4n) is 2.71. The molecule has 1 aromatic carbocycles. The van der Waals surface area contributed by atoms with Crippen LogP contribution < -0.4 is 4.74 Å². The monoisotopic (exact) mass is 279 g/mol. The summed E-state index contributed by atoms with van der Waals surface area (Å²) in [4.78, 5) is 2.40. The molecule has 2 nitrogen and oxygen atoms in total. The summed E-state index contributed by atoms with van der Waals surface area (Å²) in [6.45, 7) is 12.8. The highest BCUT2D eigenvalue weighted by Gasteiger charge is 2.27. The van der Waals surface area contributed by atoms with Crippen molar-refractivity contribution in [2.24, 2.45) is 0 Å². The van der Waals surface area contributed by atoms with E-state index < -0.39 is 0 Å². The molecular weight excluding hydrogens is 253 g/mol. The molecule has 1 atom stereocenters. The van der Waals surface area contributed by atoms with Crippen LogP contribution in [0.15, 0.2) is 18.2 Å². The van der Waals surface area contributed by atoms with E-state index in [9.17, 15) is 4.39 Å². The number of nitrogens with zero attached hydrogens (tertiary/aromatic N) is 1. The zero-order chi connectivity index (χ0) is 14.9. The fraction of sp³-hybridized carbons (Fsp3) is 0.647. The van der Waals surface area contributed by atoms with Crippen molar-refractivity contribution in [2.75, 3.05) is 13.1 Å². The normalized spacial score (nSPS) is 20.6. The second kappa shape index (κ2) is 5.72.